The molecule has 7 nitrogen and oxygen atoms in total. The van der Waals surface area contributed by atoms with Crippen molar-refractivity contribution in [1.82, 2.24) is 19.7 Å². The van der Waals surface area contributed by atoms with Crippen LogP contribution in [0.25, 0.3) is 0 Å². The molecule has 3 rings (SSSR count). The zero-order valence-corrected chi connectivity index (χ0v) is 18.1. The van der Waals surface area contributed by atoms with Crippen LogP contribution < -0.4 is 10.1 Å². The van der Waals surface area contributed by atoms with Crippen molar-refractivity contribution in [3.63, 3.8) is 0 Å². The van der Waals surface area contributed by atoms with E-state index in [0.29, 0.717) is 39.1 Å². The average molecular weight is 452 g/mol. The largest absolute Gasteiger partial charge is 0.481 e. The van der Waals surface area contributed by atoms with Crippen LogP contribution in [0.4, 0.5) is 5.82 Å². The highest BCUT2D eigenvalue weighted by Gasteiger charge is 2.20. The third kappa shape index (κ3) is 5.62. The smallest absolute Gasteiger partial charge is 0.236 e. The molecule has 1 N–H and O–H groups in total. The molecule has 0 saturated carbocycles. The van der Waals surface area contributed by atoms with Gasteiger partial charge in [0.1, 0.15) is 11.6 Å². The van der Waals surface area contributed by atoms with E-state index in [1.807, 2.05) is 30.5 Å². The van der Waals surface area contributed by atoms with Gasteiger partial charge in [0.25, 0.3) is 0 Å². The molecule has 0 aliphatic rings. The Labute approximate surface area is 182 Å². The molecule has 0 fully saturated rings. The second-order valence-corrected chi connectivity index (χ2v) is 7.76. The summed E-state index contributed by atoms with van der Waals surface area (Å²) < 4.78 is 7.86. The number of nitrogens with one attached hydrogen (secondary N) is 1. The number of hydrogen-bond acceptors (Lipinski definition) is 6. The van der Waals surface area contributed by atoms with E-state index in [9.17, 15) is 4.79 Å². The van der Waals surface area contributed by atoms with Crippen molar-refractivity contribution in [2.45, 2.75) is 31.7 Å². The number of ether oxygens (including phenoxy) is 1. The number of anilines is 1. The molecule has 0 saturated heterocycles. The van der Waals surface area contributed by atoms with Crippen LogP contribution in [0, 0.1) is 0 Å². The van der Waals surface area contributed by atoms with Gasteiger partial charge in [0.15, 0.2) is 17.1 Å². The summed E-state index contributed by atoms with van der Waals surface area (Å²) in [5, 5.41) is 12.9. The highest BCUT2D eigenvalue weighted by Crippen LogP contribution is 2.29. The van der Waals surface area contributed by atoms with E-state index in [0.717, 1.165) is 0 Å². The minimum atomic E-state index is -0.358. The van der Waals surface area contributed by atoms with Gasteiger partial charge in [0.05, 0.1) is 15.8 Å². The normalized spacial score (nSPS) is 11.9. The number of para-hydroxylation sites is 1. The van der Waals surface area contributed by atoms with Crippen molar-refractivity contribution in [3.8, 4) is 5.75 Å². The number of halogens is 2. The highest BCUT2D eigenvalue weighted by atomic mass is 35.5. The SMILES string of the molecule is CCn1c(SCC(=O)Nc2ccc(Cl)cn2)nnc1C(C)Oc1ccccc1Cl. The van der Waals surface area contributed by atoms with Crippen molar-refractivity contribution in [1.29, 1.82) is 0 Å². The maximum Gasteiger partial charge on any atom is 0.236 e. The van der Waals surface area contributed by atoms with Gasteiger partial charge in [0.2, 0.25) is 5.91 Å². The molecule has 3 aromatic rings. The van der Waals surface area contributed by atoms with Crippen LogP contribution in [0.2, 0.25) is 10.0 Å². The topological polar surface area (TPSA) is 81.9 Å². The summed E-state index contributed by atoms with van der Waals surface area (Å²) >= 11 is 13.3. The molecular formula is C19H19Cl2N5O2S. The van der Waals surface area contributed by atoms with Gasteiger partial charge in [-0.15, -0.1) is 10.2 Å². The number of thioether (sulfide) groups is 1. The van der Waals surface area contributed by atoms with E-state index < -0.39 is 0 Å². The Hall–Kier alpha value is -2.29. The number of carbonyl (C=O) groups excluding carboxylic acids is 1. The van der Waals surface area contributed by atoms with Gasteiger partial charge in [-0.3, -0.25) is 4.79 Å². The maximum atomic E-state index is 12.2. The Morgan fingerprint density at radius 1 is 1.24 bits per heavy atom. The third-order valence-electron chi connectivity index (χ3n) is 3.89. The van der Waals surface area contributed by atoms with Gasteiger partial charge in [-0.1, -0.05) is 47.1 Å². The summed E-state index contributed by atoms with van der Waals surface area (Å²) in [6.45, 7) is 4.50. The fourth-order valence-electron chi connectivity index (χ4n) is 2.55. The molecule has 0 aliphatic heterocycles. The molecule has 0 aliphatic carbocycles. The molecule has 29 heavy (non-hydrogen) atoms. The Bertz CT molecular complexity index is 981. The molecule has 1 unspecified atom stereocenters. The van der Waals surface area contributed by atoms with Gasteiger partial charge in [-0.2, -0.15) is 0 Å². The first kappa shape index (κ1) is 21.4. The number of rotatable bonds is 8. The molecule has 1 atom stereocenters. The second-order valence-electron chi connectivity index (χ2n) is 5.97. The van der Waals surface area contributed by atoms with Crippen molar-refractivity contribution in [2.75, 3.05) is 11.1 Å². The summed E-state index contributed by atoms with van der Waals surface area (Å²) in [6.07, 6.45) is 1.12. The lowest BCUT2D eigenvalue weighted by molar-refractivity contribution is -0.113. The number of carbonyl (C=O) groups is 1. The van der Waals surface area contributed by atoms with Crippen molar-refractivity contribution >= 4 is 46.7 Å². The predicted molar refractivity (Wildman–Crippen MR) is 115 cm³/mol. The highest BCUT2D eigenvalue weighted by molar-refractivity contribution is 7.99. The number of nitrogens with zero attached hydrogens (tertiary/aromatic N) is 4. The summed E-state index contributed by atoms with van der Waals surface area (Å²) in [5.74, 6) is 1.66. The molecule has 2 aromatic heterocycles. The first-order chi connectivity index (χ1) is 14.0. The molecule has 152 valence electrons. The predicted octanol–water partition coefficient (Wildman–Crippen LogP) is 4.87. The minimum absolute atomic E-state index is 0.169. The van der Waals surface area contributed by atoms with E-state index in [-0.39, 0.29) is 17.8 Å². The van der Waals surface area contributed by atoms with Crippen LogP contribution in [0.1, 0.15) is 25.8 Å². The van der Waals surface area contributed by atoms with Crippen LogP contribution >= 0.6 is 35.0 Å². The molecular weight excluding hydrogens is 433 g/mol. The number of pyridine rings is 1. The molecule has 0 bridgehead atoms. The van der Waals surface area contributed by atoms with Crippen LogP contribution in [-0.2, 0) is 11.3 Å². The van der Waals surface area contributed by atoms with E-state index in [4.69, 9.17) is 27.9 Å². The van der Waals surface area contributed by atoms with Gasteiger partial charge in [0, 0.05) is 12.7 Å². The van der Waals surface area contributed by atoms with Gasteiger partial charge in [-0.05, 0) is 38.1 Å². The van der Waals surface area contributed by atoms with Gasteiger partial charge < -0.3 is 14.6 Å². The van der Waals surface area contributed by atoms with E-state index >= 15 is 0 Å². The van der Waals surface area contributed by atoms with E-state index in [2.05, 4.69) is 20.5 Å². The van der Waals surface area contributed by atoms with E-state index in [1.54, 1.807) is 24.3 Å². The lowest BCUT2D eigenvalue weighted by Gasteiger charge is -2.16. The lowest BCUT2D eigenvalue weighted by atomic mass is 10.3. The van der Waals surface area contributed by atoms with Crippen LogP contribution in [0.3, 0.4) is 0 Å². The van der Waals surface area contributed by atoms with Crippen molar-refractivity contribution in [3.05, 3.63) is 58.5 Å². The number of aromatic nitrogens is 4. The summed E-state index contributed by atoms with van der Waals surface area (Å²) in [5.41, 5.74) is 0. The molecule has 2 heterocycles. The summed E-state index contributed by atoms with van der Waals surface area (Å²) in [6, 6.07) is 10.6. The van der Waals surface area contributed by atoms with Crippen LogP contribution in [0.5, 0.6) is 5.75 Å². The summed E-state index contributed by atoms with van der Waals surface area (Å²) in [7, 11) is 0. The monoisotopic (exact) mass is 451 g/mol. The lowest BCUT2D eigenvalue weighted by Crippen LogP contribution is -2.16. The molecule has 1 aromatic carbocycles. The number of benzene rings is 1. The fourth-order valence-corrected chi connectivity index (χ4v) is 3.65. The van der Waals surface area contributed by atoms with Crippen LogP contribution in [-0.4, -0.2) is 31.4 Å². The Morgan fingerprint density at radius 2 is 2.03 bits per heavy atom. The molecule has 0 radical (unpaired) electrons. The zero-order valence-electron chi connectivity index (χ0n) is 15.8. The van der Waals surface area contributed by atoms with Crippen molar-refractivity contribution < 1.29 is 9.53 Å². The van der Waals surface area contributed by atoms with Gasteiger partial charge in [-0.25, -0.2) is 4.98 Å². The Morgan fingerprint density at radius 3 is 2.72 bits per heavy atom. The summed E-state index contributed by atoms with van der Waals surface area (Å²) in [4.78, 5) is 16.2. The molecule has 10 heteroatoms. The van der Waals surface area contributed by atoms with Gasteiger partial charge >= 0.3 is 0 Å². The van der Waals surface area contributed by atoms with Crippen LogP contribution in [0.15, 0.2) is 47.8 Å². The Balaban J connectivity index is 1.63. The second kappa shape index (κ2) is 9.96. The fraction of sp³-hybridized carbons (Fsp3) is 0.263. The van der Waals surface area contributed by atoms with Crippen molar-refractivity contribution in [2.24, 2.45) is 0 Å². The maximum absolute atomic E-state index is 12.2. The quantitative estimate of drug-likeness (QED) is 0.491. The van der Waals surface area contributed by atoms with E-state index in [1.165, 1.54) is 18.0 Å². The number of amides is 1. The Kier molecular flexibility index (Phi) is 7.35. The minimum Gasteiger partial charge on any atom is -0.481 e. The average Bonchev–Trinajstić information content (AvgIpc) is 3.13. The molecule has 0 spiro atoms. The number of hydrogen-bond donors (Lipinski definition) is 1. The third-order valence-corrected chi connectivity index (χ3v) is 5.40. The molecule has 1 amide bonds. The standard InChI is InChI=1S/C19H19Cl2N5O2S/c1-3-26-18(12(2)28-15-7-5-4-6-14(15)21)24-25-19(26)29-11-17(27)23-16-9-8-13(20)10-22-16/h4-10,12H,3,11H2,1-2H3,(H,22,23,27). The first-order valence-corrected chi connectivity index (χ1v) is 10.6. The first-order valence-electron chi connectivity index (χ1n) is 8.86. The zero-order chi connectivity index (χ0) is 20.8.